The molecule has 11 nitrogen and oxygen atoms in total. The third-order valence-electron chi connectivity index (χ3n) is 6.41. The molecule has 2 aromatic carbocycles. The van der Waals surface area contributed by atoms with Crippen molar-refractivity contribution >= 4 is 34.5 Å². The Balaban J connectivity index is 1.77. The third-order valence-corrected chi connectivity index (χ3v) is 6.41. The molecular formula is C29H37FN6O5. The number of benzene rings is 2. The number of amides is 2. The van der Waals surface area contributed by atoms with Crippen LogP contribution < -0.4 is 25.6 Å². The number of rotatable bonds is 8. The average molecular weight is 569 g/mol. The highest BCUT2D eigenvalue weighted by molar-refractivity contribution is 5.98. The number of carbonyl (C=O) groups is 2. The fourth-order valence-electron chi connectivity index (χ4n) is 4.48. The minimum absolute atomic E-state index is 0.104. The average Bonchev–Trinajstić information content (AvgIpc) is 2.94. The second-order valence-corrected chi connectivity index (χ2v) is 10.6. The molecule has 0 spiro atoms. The topological polar surface area (TPSA) is 132 Å². The van der Waals surface area contributed by atoms with Gasteiger partial charge in [-0.15, -0.1) is 0 Å². The number of aromatic nitrogens is 2. The van der Waals surface area contributed by atoms with Crippen LogP contribution in [0.15, 0.2) is 36.5 Å². The SMILES string of the molecule is CNC(=O)c1cc(C(C)Oc2cc(F)ccc2N(CCN)C(=O)OC(C)(C)C)c2nc(N3CCOCC3)cnc2c1. The van der Waals surface area contributed by atoms with Crippen molar-refractivity contribution in [1.82, 2.24) is 15.3 Å². The molecule has 0 radical (unpaired) electrons. The lowest BCUT2D eigenvalue weighted by Crippen LogP contribution is -2.40. The molecule has 41 heavy (non-hydrogen) atoms. The molecule has 1 aromatic heterocycles. The van der Waals surface area contributed by atoms with E-state index in [-0.39, 0.29) is 24.7 Å². The summed E-state index contributed by atoms with van der Waals surface area (Å²) < 4.78 is 31.9. The number of ether oxygens (including phenoxy) is 3. The Morgan fingerprint density at radius 2 is 1.95 bits per heavy atom. The number of hydrogen-bond acceptors (Lipinski definition) is 9. The number of fused-ring (bicyclic) bond motifs is 1. The lowest BCUT2D eigenvalue weighted by Gasteiger charge is -2.29. The number of carbonyl (C=O) groups excluding carboxylic acids is 2. The maximum Gasteiger partial charge on any atom is 0.414 e. The predicted octanol–water partition coefficient (Wildman–Crippen LogP) is 3.81. The Hall–Kier alpha value is -4.03. The van der Waals surface area contributed by atoms with Gasteiger partial charge in [0.25, 0.3) is 5.91 Å². The van der Waals surface area contributed by atoms with Gasteiger partial charge in [-0.25, -0.2) is 14.2 Å². The van der Waals surface area contributed by atoms with Gasteiger partial charge in [0, 0.05) is 50.4 Å². The fourth-order valence-corrected chi connectivity index (χ4v) is 4.48. The first-order valence-electron chi connectivity index (χ1n) is 13.5. The largest absolute Gasteiger partial charge is 0.484 e. The number of hydrogen-bond donors (Lipinski definition) is 2. The van der Waals surface area contributed by atoms with Gasteiger partial charge in [0.15, 0.2) is 0 Å². The Bertz CT molecular complexity index is 1410. The molecule has 1 aliphatic heterocycles. The van der Waals surface area contributed by atoms with E-state index in [1.807, 2.05) is 0 Å². The summed E-state index contributed by atoms with van der Waals surface area (Å²) in [5.74, 6) is -0.0730. The van der Waals surface area contributed by atoms with Crippen LogP contribution in [0.2, 0.25) is 0 Å². The quantitative estimate of drug-likeness (QED) is 0.416. The highest BCUT2D eigenvalue weighted by Gasteiger charge is 2.27. The van der Waals surface area contributed by atoms with Crippen LogP contribution in [0.3, 0.4) is 0 Å². The monoisotopic (exact) mass is 568 g/mol. The second kappa shape index (κ2) is 12.6. The first kappa shape index (κ1) is 29.9. The highest BCUT2D eigenvalue weighted by Crippen LogP contribution is 2.36. The molecule has 0 aliphatic carbocycles. The molecule has 1 fully saturated rings. The molecule has 220 valence electrons. The first-order chi connectivity index (χ1) is 19.5. The zero-order valence-corrected chi connectivity index (χ0v) is 24.1. The molecule has 4 rings (SSSR count). The number of nitrogens with zero attached hydrogens (tertiary/aromatic N) is 4. The van der Waals surface area contributed by atoms with E-state index in [1.54, 1.807) is 53.1 Å². The van der Waals surface area contributed by atoms with Crippen molar-refractivity contribution in [2.24, 2.45) is 5.73 Å². The molecule has 0 bridgehead atoms. The number of anilines is 2. The van der Waals surface area contributed by atoms with E-state index in [4.69, 9.17) is 24.9 Å². The van der Waals surface area contributed by atoms with Crippen LogP contribution in [0, 0.1) is 5.82 Å². The molecule has 2 heterocycles. The highest BCUT2D eigenvalue weighted by atomic mass is 19.1. The molecule has 2 amide bonds. The lowest BCUT2D eigenvalue weighted by molar-refractivity contribution is 0.0579. The van der Waals surface area contributed by atoms with E-state index in [0.717, 1.165) is 0 Å². The van der Waals surface area contributed by atoms with E-state index < -0.39 is 23.6 Å². The van der Waals surface area contributed by atoms with Crippen molar-refractivity contribution in [2.45, 2.75) is 39.4 Å². The zero-order chi connectivity index (χ0) is 29.7. The number of morpholine rings is 1. The predicted molar refractivity (Wildman–Crippen MR) is 154 cm³/mol. The van der Waals surface area contributed by atoms with Crippen LogP contribution in [-0.4, -0.2) is 74.0 Å². The summed E-state index contributed by atoms with van der Waals surface area (Å²) in [6.07, 6.45) is 0.308. The van der Waals surface area contributed by atoms with Gasteiger partial charge < -0.3 is 30.2 Å². The summed E-state index contributed by atoms with van der Waals surface area (Å²) in [5.41, 5.74) is 7.34. The molecule has 3 N–H and O–H groups in total. The van der Waals surface area contributed by atoms with Crippen LogP contribution >= 0.6 is 0 Å². The normalized spacial score (nSPS) is 14.5. The van der Waals surface area contributed by atoms with Gasteiger partial charge in [0.2, 0.25) is 0 Å². The summed E-state index contributed by atoms with van der Waals surface area (Å²) in [7, 11) is 1.54. The summed E-state index contributed by atoms with van der Waals surface area (Å²) in [5, 5.41) is 2.63. The van der Waals surface area contributed by atoms with Gasteiger partial charge in [-0.2, -0.15) is 0 Å². The minimum atomic E-state index is -0.756. The van der Waals surface area contributed by atoms with E-state index in [0.29, 0.717) is 60.0 Å². The number of halogens is 1. The lowest BCUT2D eigenvalue weighted by atomic mass is 10.0. The molecule has 12 heteroatoms. The molecule has 3 aromatic rings. The standard InChI is InChI=1S/C29H37FN6O5/c1-18(40-24-16-20(30)6-7-23(24)36(9-8-31)28(38)41-29(2,3)4)21-14-19(27(37)32-5)15-22-26(21)34-25(17-33-22)35-10-12-39-13-11-35/h6-7,14-18H,8-13,31H2,1-5H3,(H,32,37). The molecule has 0 saturated carbocycles. The van der Waals surface area contributed by atoms with Crippen LogP contribution in [0.25, 0.3) is 11.0 Å². The summed E-state index contributed by atoms with van der Waals surface area (Å²) in [6.45, 7) is 9.81. The zero-order valence-electron chi connectivity index (χ0n) is 24.1. The van der Waals surface area contributed by atoms with Gasteiger partial charge in [0.05, 0.1) is 36.1 Å². The summed E-state index contributed by atoms with van der Waals surface area (Å²) >= 11 is 0. The molecular weight excluding hydrogens is 531 g/mol. The van der Waals surface area contributed by atoms with Crippen molar-refractivity contribution in [2.75, 3.05) is 56.2 Å². The van der Waals surface area contributed by atoms with Gasteiger partial charge >= 0.3 is 6.09 Å². The van der Waals surface area contributed by atoms with Gasteiger partial charge in [0.1, 0.15) is 29.1 Å². The maximum absolute atomic E-state index is 14.5. The van der Waals surface area contributed by atoms with Crippen molar-refractivity contribution < 1.29 is 28.2 Å². The smallest absolute Gasteiger partial charge is 0.414 e. The number of nitrogens with one attached hydrogen (secondary N) is 1. The maximum atomic E-state index is 14.5. The van der Waals surface area contributed by atoms with Crippen LogP contribution in [0.1, 0.15) is 49.7 Å². The second-order valence-electron chi connectivity index (χ2n) is 10.6. The molecule has 1 aliphatic rings. The fraction of sp³-hybridized carbons (Fsp3) is 0.448. The Kier molecular flexibility index (Phi) is 9.24. The van der Waals surface area contributed by atoms with E-state index >= 15 is 0 Å². The third kappa shape index (κ3) is 7.19. The van der Waals surface area contributed by atoms with Crippen LogP contribution in [0.5, 0.6) is 5.75 Å². The summed E-state index contributed by atoms with van der Waals surface area (Å²) in [6, 6.07) is 7.25. The van der Waals surface area contributed by atoms with Crippen LogP contribution in [0.4, 0.5) is 20.7 Å². The van der Waals surface area contributed by atoms with Crippen molar-refractivity contribution in [3.8, 4) is 5.75 Å². The van der Waals surface area contributed by atoms with Gasteiger partial charge in [-0.3, -0.25) is 14.7 Å². The van der Waals surface area contributed by atoms with Crippen molar-refractivity contribution in [1.29, 1.82) is 0 Å². The van der Waals surface area contributed by atoms with Crippen LogP contribution in [-0.2, 0) is 9.47 Å². The van der Waals surface area contributed by atoms with Gasteiger partial charge in [-0.05, 0) is 52.0 Å². The van der Waals surface area contributed by atoms with Crippen molar-refractivity contribution in [3.63, 3.8) is 0 Å². The summed E-state index contributed by atoms with van der Waals surface area (Å²) in [4.78, 5) is 38.6. The molecule has 1 saturated heterocycles. The number of nitrogens with two attached hydrogens (primary N) is 1. The van der Waals surface area contributed by atoms with E-state index in [1.165, 1.54) is 23.1 Å². The first-order valence-corrected chi connectivity index (χ1v) is 13.5. The molecule has 1 atom stereocenters. The van der Waals surface area contributed by atoms with Crippen molar-refractivity contribution in [3.05, 3.63) is 53.5 Å². The Morgan fingerprint density at radius 1 is 1.22 bits per heavy atom. The molecule has 1 unspecified atom stereocenters. The van der Waals surface area contributed by atoms with E-state index in [9.17, 15) is 14.0 Å². The minimum Gasteiger partial charge on any atom is -0.484 e. The van der Waals surface area contributed by atoms with E-state index in [2.05, 4.69) is 15.2 Å². The Morgan fingerprint density at radius 3 is 2.61 bits per heavy atom. The van der Waals surface area contributed by atoms with Gasteiger partial charge in [-0.1, -0.05) is 0 Å². The Labute approximate surface area is 238 Å².